The molecule has 0 aliphatic heterocycles. The normalized spacial score (nSPS) is 11.1. The smallest absolute Gasteiger partial charge is 0.337 e. The van der Waals surface area contributed by atoms with Gasteiger partial charge in [-0.2, -0.15) is 0 Å². The Bertz CT molecular complexity index is 1150. The van der Waals surface area contributed by atoms with E-state index in [1.165, 1.54) is 18.3 Å². The average molecular weight is 385 g/mol. The van der Waals surface area contributed by atoms with Crippen LogP contribution in [0.15, 0.2) is 58.3 Å². The number of rotatable bonds is 5. The van der Waals surface area contributed by atoms with Crippen LogP contribution in [-0.4, -0.2) is 24.5 Å². The summed E-state index contributed by atoms with van der Waals surface area (Å²) in [5.74, 6) is -1.11. The molecule has 0 fully saturated rings. The zero-order chi connectivity index (χ0) is 19.6. The van der Waals surface area contributed by atoms with Crippen molar-refractivity contribution in [1.82, 2.24) is 4.98 Å². The molecule has 0 saturated carbocycles. The fourth-order valence-electron chi connectivity index (χ4n) is 2.71. The third-order valence-corrected chi connectivity index (χ3v) is 5.48. The van der Waals surface area contributed by atoms with Crippen molar-refractivity contribution >= 4 is 15.8 Å². The largest absolute Gasteiger partial charge is 0.478 e. The third kappa shape index (κ3) is 3.45. The van der Waals surface area contributed by atoms with Gasteiger partial charge in [0.05, 0.1) is 11.8 Å². The summed E-state index contributed by atoms with van der Waals surface area (Å²) < 4.78 is 45.6. The van der Waals surface area contributed by atoms with E-state index in [9.17, 15) is 22.7 Å². The Morgan fingerprint density at radius 2 is 2.00 bits per heavy atom. The number of benzene rings is 2. The first-order valence-electron chi connectivity index (χ1n) is 7.57. The highest BCUT2D eigenvalue weighted by Gasteiger charge is 2.30. The van der Waals surface area contributed by atoms with E-state index in [1.807, 2.05) is 0 Å². The van der Waals surface area contributed by atoms with Crippen molar-refractivity contribution < 1.29 is 27.1 Å². The molecule has 6 nitrogen and oxygen atoms in total. The first-order chi connectivity index (χ1) is 12.8. The number of oxazole rings is 1. The van der Waals surface area contributed by atoms with Crippen molar-refractivity contribution in [1.29, 1.82) is 0 Å². The second-order valence-corrected chi connectivity index (χ2v) is 7.45. The van der Waals surface area contributed by atoms with Gasteiger partial charge in [0.2, 0.25) is 0 Å². The predicted octanol–water partition coefficient (Wildman–Crippen LogP) is 3.13. The number of sulfone groups is 1. The van der Waals surface area contributed by atoms with Crippen LogP contribution in [0.5, 0.6) is 0 Å². The SMILES string of the molecule is C#Cc1c(C(=O)O)cc(F)c(S(=O)(=O)Cc2cnco2)c1-c1ccccc1. The molecule has 0 spiro atoms. The van der Waals surface area contributed by atoms with Crippen LogP contribution in [0.1, 0.15) is 21.7 Å². The van der Waals surface area contributed by atoms with Gasteiger partial charge in [-0.1, -0.05) is 36.3 Å². The molecule has 0 aliphatic rings. The zero-order valence-corrected chi connectivity index (χ0v) is 14.5. The summed E-state index contributed by atoms with van der Waals surface area (Å²) in [6.45, 7) is 0. The van der Waals surface area contributed by atoms with Gasteiger partial charge in [0.25, 0.3) is 0 Å². The second-order valence-electron chi connectivity index (χ2n) is 5.53. The molecule has 0 amide bonds. The molecule has 0 saturated heterocycles. The number of halogens is 1. The minimum Gasteiger partial charge on any atom is -0.478 e. The maximum absolute atomic E-state index is 14.8. The lowest BCUT2D eigenvalue weighted by molar-refractivity contribution is 0.0696. The van der Waals surface area contributed by atoms with Crippen molar-refractivity contribution in [3.05, 3.63) is 71.7 Å². The number of nitrogens with zero attached hydrogens (tertiary/aromatic N) is 1. The quantitative estimate of drug-likeness (QED) is 0.678. The number of carboxylic acids is 1. The van der Waals surface area contributed by atoms with E-state index in [2.05, 4.69) is 10.9 Å². The third-order valence-electron chi connectivity index (χ3n) is 3.80. The van der Waals surface area contributed by atoms with Crippen LogP contribution >= 0.6 is 0 Å². The zero-order valence-electron chi connectivity index (χ0n) is 13.7. The van der Waals surface area contributed by atoms with Crippen molar-refractivity contribution in [3.63, 3.8) is 0 Å². The molecule has 1 heterocycles. The van der Waals surface area contributed by atoms with E-state index in [0.29, 0.717) is 6.07 Å². The summed E-state index contributed by atoms with van der Waals surface area (Å²) in [4.78, 5) is 14.5. The lowest BCUT2D eigenvalue weighted by Crippen LogP contribution is -2.13. The lowest BCUT2D eigenvalue weighted by atomic mass is 9.95. The Morgan fingerprint density at radius 1 is 1.30 bits per heavy atom. The van der Waals surface area contributed by atoms with Gasteiger partial charge in [0, 0.05) is 11.1 Å². The molecule has 3 aromatic rings. The molecule has 1 aromatic heterocycles. The van der Waals surface area contributed by atoms with Gasteiger partial charge in [0.1, 0.15) is 22.2 Å². The van der Waals surface area contributed by atoms with Gasteiger partial charge >= 0.3 is 5.97 Å². The van der Waals surface area contributed by atoms with E-state index in [4.69, 9.17) is 10.8 Å². The number of aromatic nitrogens is 1. The van der Waals surface area contributed by atoms with Crippen LogP contribution in [0.25, 0.3) is 11.1 Å². The molecular formula is C19H12FNO5S. The number of carbonyl (C=O) groups is 1. The average Bonchev–Trinajstić information content (AvgIpc) is 3.13. The molecule has 136 valence electrons. The fourth-order valence-corrected chi connectivity index (χ4v) is 4.26. The highest BCUT2D eigenvalue weighted by Crippen LogP contribution is 2.36. The predicted molar refractivity (Wildman–Crippen MR) is 94.1 cm³/mol. The molecule has 0 atom stereocenters. The number of hydrogen-bond donors (Lipinski definition) is 1. The standard InChI is InChI=1S/C19H12FNO5S/c1-2-14-15(19(22)23)8-16(20)18(17(14)12-6-4-3-5-7-12)27(24,25)10-13-9-21-11-26-13/h1,3-9,11H,10H2,(H,22,23). The molecule has 0 unspecified atom stereocenters. The first-order valence-corrected chi connectivity index (χ1v) is 9.22. The van der Waals surface area contributed by atoms with Crippen LogP contribution in [0.4, 0.5) is 4.39 Å². The Labute approximate surface area is 154 Å². The van der Waals surface area contributed by atoms with Crippen molar-refractivity contribution in [3.8, 4) is 23.5 Å². The second kappa shape index (κ2) is 7.05. The summed E-state index contributed by atoms with van der Waals surface area (Å²) in [7, 11) is -4.26. The van der Waals surface area contributed by atoms with Gasteiger partial charge < -0.3 is 9.52 Å². The molecule has 27 heavy (non-hydrogen) atoms. The van der Waals surface area contributed by atoms with Gasteiger partial charge in [-0.05, 0) is 11.6 Å². The van der Waals surface area contributed by atoms with Gasteiger partial charge in [-0.3, -0.25) is 0 Å². The monoisotopic (exact) mass is 385 g/mol. The minimum atomic E-state index is -4.26. The van der Waals surface area contributed by atoms with Gasteiger partial charge in [-0.15, -0.1) is 6.42 Å². The Balaban J connectivity index is 2.37. The van der Waals surface area contributed by atoms with Gasteiger partial charge in [0.15, 0.2) is 16.2 Å². The summed E-state index contributed by atoms with van der Waals surface area (Å²) in [5.41, 5.74) is -0.600. The molecule has 0 bridgehead atoms. The Kier molecular flexibility index (Phi) is 4.79. The van der Waals surface area contributed by atoms with Crippen molar-refractivity contribution in [2.75, 3.05) is 0 Å². The Hall–Kier alpha value is -3.44. The van der Waals surface area contributed by atoms with Crippen LogP contribution in [0.3, 0.4) is 0 Å². The van der Waals surface area contributed by atoms with Gasteiger partial charge in [-0.25, -0.2) is 22.6 Å². The first kappa shape index (κ1) is 18.4. The van der Waals surface area contributed by atoms with Crippen LogP contribution in [0, 0.1) is 18.2 Å². The minimum absolute atomic E-state index is 0.0120. The molecule has 0 radical (unpaired) electrons. The number of hydrogen-bond acceptors (Lipinski definition) is 5. The highest BCUT2D eigenvalue weighted by atomic mass is 32.2. The topological polar surface area (TPSA) is 97.5 Å². The molecule has 8 heteroatoms. The number of terminal acetylenes is 1. The number of carboxylic acid groups (broad SMARTS) is 1. The lowest BCUT2D eigenvalue weighted by Gasteiger charge is -2.15. The van der Waals surface area contributed by atoms with E-state index in [1.54, 1.807) is 18.2 Å². The van der Waals surface area contributed by atoms with Crippen molar-refractivity contribution in [2.24, 2.45) is 0 Å². The molecule has 1 N–H and O–H groups in total. The fraction of sp³-hybridized carbons (Fsp3) is 0.0526. The van der Waals surface area contributed by atoms with E-state index in [-0.39, 0.29) is 22.5 Å². The molecular weight excluding hydrogens is 373 g/mol. The number of aromatic carboxylic acids is 1. The summed E-state index contributed by atoms with van der Waals surface area (Å²) in [6.07, 6.45) is 7.72. The molecule has 0 aliphatic carbocycles. The maximum atomic E-state index is 14.8. The molecule has 2 aromatic carbocycles. The Morgan fingerprint density at radius 3 is 2.56 bits per heavy atom. The van der Waals surface area contributed by atoms with E-state index in [0.717, 1.165) is 6.39 Å². The van der Waals surface area contributed by atoms with E-state index >= 15 is 0 Å². The van der Waals surface area contributed by atoms with Crippen molar-refractivity contribution in [2.45, 2.75) is 10.6 Å². The summed E-state index contributed by atoms with van der Waals surface area (Å²) >= 11 is 0. The van der Waals surface area contributed by atoms with E-state index < -0.39 is 37.8 Å². The summed E-state index contributed by atoms with van der Waals surface area (Å²) in [5, 5.41) is 9.36. The summed E-state index contributed by atoms with van der Waals surface area (Å²) in [6, 6.07) is 8.56. The van der Waals surface area contributed by atoms with Crippen LogP contribution in [-0.2, 0) is 15.6 Å². The highest BCUT2D eigenvalue weighted by molar-refractivity contribution is 7.90. The van der Waals surface area contributed by atoms with Crippen LogP contribution < -0.4 is 0 Å². The maximum Gasteiger partial charge on any atom is 0.337 e. The molecule has 3 rings (SSSR count). The van der Waals surface area contributed by atoms with Crippen LogP contribution in [0.2, 0.25) is 0 Å².